The summed E-state index contributed by atoms with van der Waals surface area (Å²) >= 11 is 4.87. The van der Waals surface area contributed by atoms with Crippen molar-refractivity contribution in [1.29, 1.82) is 0 Å². The fourth-order valence-electron chi connectivity index (χ4n) is 1.80. The van der Waals surface area contributed by atoms with Crippen LogP contribution in [0.5, 0.6) is 0 Å². The molecular weight excluding hydrogens is 311 g/mol. The number of hydrogen-bond acceptors (Lipinski definition) is 3. The van der Waals surface area contributed by atoms with E-state index in [1.54, 1.807) is 24.3 Å². The second-order valence-electron chi connectivity index (χ2n) is 4.32. The molecule has 2 rings (SSSR count). The highest BCUT2D eigenvalue weighted by molar-refractivity contribution is 7.92. The Morgan fingerprint density at radius 2 is 1.86 bits per heavy atom. The van der Waals surface area contributed by atoms with Crippen LogP contribution in [0, 0.1) is 5.82 Å². The number of nitrogens with two attached hydrogens (primary N) is 1. The van der Waals surface area contributed by atoms with E-state index in [0.29, 0.717) is 11.3 Å². The normalized spacial score (nSPS) is 11.1. The third kappa shape index (κ3) is 3.03. The Morgan fingerprint density at radius 3 is 2.48 bits per heavy atom. The number of anilines is 1. The molecule has 7 heteroatoms. The first-order chi connectivity index (χ1) is 9.84. The van der Waals surface area contributed by atoms with Crippen molar-refractivity contribution in [2.45, 2.75) is 4.90 Å². The molecule has 0 saturated carbocycles. The molecule has 21 heavy (non-hydrogen) atoms. The van der Waals surface area contributed by atoms with Crippen molar-refractivity contribution in [3.63, 3.8) is 0 Å². The van der Waals surface area contributed by atoms with Crippen molar-refractivity contribution in [3.8, 4) is 0 Å². The van der Waals surface area contributed by atoms with Crippen molar-refractivity contribution in [3.05, 3.63) is 59.9 Å². The zero-order valence-corrected chi connectivity index (χ0v) is 12.8. The molecule has 0 aliphatic heterocycles. The molecule has 0 saturated heterocycles. The maximum absolute atomic E-state index is 13.7. The standard InChI is InChI=1S/C14H13FN2O2S2/c1-17(11-6-4-5-10(9-11)14(16)20)21(18,19)13-8-3-2-7-12(13)15/h2-9H,1H3,(H2,16,20). The van der Waals surface area contributed by atoms with Crippen LogP contribution in [0.4, 0.5) is 10.1 Å². The van der Waals surface area contributed by atoms with Gasteiger partial charge in [-0.05, 0) is 24.3 Å². The third-order valence-corrected chi connectivity index (χ3v) is 5.02. The van der Waals surface area contributed by atoms with Crippen molar-refractivity contribution >= 4 is 32.9 Å². The molecule has 0 fully saturated rings. The van der Waals surface area contributed by atoms with Gasteiger partial charge in [-0.3, -0.25) is 4.31 Å². The van der Waals surface area contributed by atoms with E-state index in [1.807, 2.05) is 0 Å². The average molecular weight is 324 g/mol. The summed E-state index contributed by atoms with van der Waals surface area (Å²) in [5.74, 6) is -0.796. The van der Waals surface area contributed by atoms with E-state index in [1.165, 1.54) is 25.2 Å². The van der Waals surface area contributed by atoms with Gasteiger partial charge in [-0.1, -0.05) is 36.5 Å². The SMILES string of the molecule is CN(c1cccc(C(N)=S)c1)S(=O)(=O)c1ccccc1F. The van der Waals surface area contributed by atoms with Gasteiger partial charge < -0.3 is 5.73 Å². The topological polar surface area (TPSA) is 63.4 Å². The molecule has 0 spiro atoms. The van der Waals surface area contributed by atoms with Crippen LogP contribution in [0.2, 0.25) is 0 Å². The van der Waals surface area contributed by atoms with Gasteiger partial charge in [0.25, 0.3) is 10.0 Å². The van der Waals surface area contributed by atoms with Crippen molar-refractivity contribution in [2.24, 2.45) is 5.73 Å². The van der Waals surface area contributed by atoms with E-state index >= 15 is 0 Å². The number of sulfonamides is 1. The minimum atomic E-state index is -3.99. The zero-order chi connectivity index (χ0) is 15.6. The molecule has 0 aliphatic carbocycles. The van der Waals surface area contributed by atoms with Gasteiger partial charge in [-0.25, -0.2) is 12.8 Å². The van der Waals surface area contributed by atoms with E-state index < -0.39 is 15.8 Å². The Balaban J connectivity index is 2.48. The molecule has 2 aromatic carbocycles. The fourth-order valence-corrected chi connectivity index (χ4v) is 3.17. The van der Waals surface area contributed by atoms with Crippen LogP contribution in [-0.4, -0.2) is 20.5 Å². The number of rotatable bonds is 4. The van der Waals surface area contributed by atoms with Crippen molar-refractivity contribution in [1.82, 2.24) is 0 Å². The van der Waals surface area contributed by atoms with Crippen molar-refractivity contribution < 1.29 is 12.8 Å². The lowest BCUT2D eigenvalue weighted by Crippen LogP contribution is -2.27. The van der Waals surface area contributed by atoms with Crippen LogP contribution in [0.15, 0.2) is 53.4 Å². The zero-order valence-electron chi connectivity index (χ0n) is 11.2. The van der Waals surface area contributed by atoms with Gasteiger partial charge in [0.2, 0.25) is 0 Å². The van der Waals surface area contributed by atoms with Gasteiger partial charge >= 0.3 is 0 Å². The summed E-state index contributed by atoms with van der Waals surface area (Å²) in [7, 11) is -2.64. The molecule has 0 atom stereocenters. The molecule has 0 aliphatic rings. The molecule has 2 aromatic rings. The summed E-state index contributed by atoms with van der Waals surface area (Å²) in [6.07, 6.45) is 0. The van der Waals surface area contributed by atoms with E-state index in [0.717, 1.165) is 10.4 Å². The highest BCUT2D eigenvalue weighted by Gasteiger charge is 2.24. The van der Waals surface area contributed by atoms with Crippen LogP contribution in [0.3, 0.4) is 0 Å². The van der Waals surface area contributed by atoms with E-state index in [9.17, 15) is 12.8 Å². The first-order valence-corrected chi connectivity index (χ1v) is 7.82. The highest BCUT2D eigenvalue weighted by Crippen LogP contribution is 2.24. The molecule has 0 unspecified atom stereocenters. The van der Waals surface area contributed by atoms with Gasteiger partial charge in [-0.15, -0.1) is 0 Å². The minimum Gasteiger partial charge on any atom is -0.389 e. The number of halogens is 1. The fraction of sp³-hybridized carbons (Fsp3) is 0.0714. The third-order valence-electron chi connectivity index (χ3n) is 2.97. The minimum absolute atomic E-state index is 0.161. The van der Waals surface area contributed by atoms with E-state index in [4.69, 9.17) is 18.0 Å². The van der Waals surface area contributed by atoms with Crippen LogP contribution in [0.1, 0.15) is 5.56 Å². The summed E-state index contributed by atoms with van der Waals surface area (Å²) in [5, 5.41) is 0. The smallest absolute Gasteiger partial charge is 0.266 e. The maximum Gasteiger partial charge on any atom is 0.266 e. The van der Waals surface area contributed by atoms with E-state index in [2.05, 4.69) is 0 Å². The molecule has 0 heterocycles. The lowest BCUT2D eigenvalue weighted by molar-refractivity contribution is 0.566. The highest BCUT2D eigenvalue weighted by atomic mass is 32.2. The predicted molar refractivity (Wildman–Crippen MR) is 84.3 cm³/mol. The van der Waals surface area contributed by atoms with E-state index in [-0.39, 0.29) is 9.88 Å². The molecule has 2 N–H and O–H groups in total. The summed E-state index contributed by atoms with van der Waals surface area (Å²) in [5.41, 5.74) is 6.42. The predicted octanol–water partition coefficient (Wildman–Crippen LogP) is 2.29. The number of hydrogen-bond donors (Lipinski definition) is 1. The maximum atomic E-state index is 13.7. The molecule has 0 amide bonds. The Kier molecular flexibility index (Phi) is 4.24. The summed E-state index contributed by atoms with van der Waals surface area (Å²) in [6.45, 7) is 0. The Hall–Kier alpha value is -1.99. The summed E-state index contributed by atoms with van der Waals surface area (Å²) in [4.78, 5) is -0.221. The summed E-state index contributed by atoms with van der Waals surface area (Å²) in [6, 6.07) is 11.7. The van der Waals surface area contributed by atoms with Gasteiger partial charge in [-0.2, -0.15) is 0 Å². The lowest BCUT2D eigenvalue weighted by Gasteiger charge is -2.20. The molecule has 0 aromatic heterocycles. The Labute approximate surface area is 128 Å². The molecule has 4 nitrogen and oxygen atoms in total. The summed E-state index contributed by atoms with van der Waals surface area (Å²) < 4.78 is 39.6. The van der Waals surface area contributed by atoms with Gasteiger partial charge in [0.15, 0.2) is 0 Å². The largest absolute Gasteiger partial charge is 0.389 e. The Morgan fingerprint density at radius 1 is 1.19 bits per heavy atom. The van der Waals surface area contributed by atoms with Crippen LogP contribution in [0.25, 0.3) is 0 Å². The molecule has 110 valence electrons. The molecule has 0 radical (unpaired) electrons. The second-order valence-corrected chi connectivity index (χ2v) is 6.70. The second kappa shape index (κ2) is 5.79. The number of nitrogens with zero attached hydrogens (tertiary/aromatic N) is 1. The van der Waals surface area contributed by atoms with Crippen LogP contribution in [-0.2, 0) is 10.0 Å². The number of thiocarbonyl (C=S) groups is 1. The average Bonchev–Trinajstić information content (AvgIpc) is 2.46. The Bertz CT molecular complexity index is 791. The molecule has 0 bridgehead atoms. The van der Waals surface area contributed by atoms with Gasteiger partial charge in [0, 0.05) is 12.6 Å². The molecular formula is C14H13FN2O2S2. The lowest BCUT2D eigenvalue weighted by atomic mass is 10.2. The van der Waals surface area contributed by atoms with Gasteiger partial charge in [0.05, 0.1) is 5.69 Å². The van der Waals surface area contributed by atoms with Crippen LogP contribution < -0.4 is 10.0 Å². The van der Waals surface area contributed by atoms with Gasteiger partial charge in [0.1, 0.15) is 15.7 Å². The van der Waals surface area contributed by atoms with Crippen molar-refractivity contribution in [2.75, 3.05) is 11.4 Å². The first kappa shape index (κ1) is 15.4. The monoisotopic (exact) mass is 324 g/mol. The first-order valence-electron chi connectivity index (χ1n) is 5.97. The quantitative estimate of drug-likeness (QED) is 0.877. The number of benzene rings is 2. The van der Waals surface area contributed by atoms with Crippen LogP contribution >= 0.6 is 12.2 Å².